The monoisotopic (exact) mass is 285 g/mol. The number of carbonyl (C=O) groups excluding carboxylic acids is 1. The average Bonchev–Trinajstić information content (AvgIpc) is 2.54. The third-order valence-electron chi connectivity index (χ3n) is 2.92. The number of hydrogen-bond acceptors (Lipinski definition) is 4. The van der Waals surface area contributed by atoms with Crippen molar-refractivity contribution in [1.82, 2.24) is 4.98 Å². The fourth-order valence-electron chi connectivity index (χ4n) is 1.77. The van der Waals surface area contributed by atoms with Gasteiger partial charge in [0.25, 0.3) is 5.91 Å². The summed E-state index contributed by atoms with van der Waals surface area (Å²) in [4.78, 5) is 16.2. The molecule has 1 aromatic carbocycles. The topological polar surface area (TPSA) is 63.2 Å². The van der Waals surface area contributed by atoms with E-state index in [0.717, 1.165) is 24.4 Å². The van der Waals surface area contributed by atoms with Crippen LogP contribution in [-0.2, 0) is 0 Å². The fourth-order valence-corrected chi connectivity index (χ4v) is 1.77. The Labute approximate surface area is 124 Å². The van der Waals surface area contributed by atoms with E-state index in [1.807, 2.05) is 6.07 Å². The van der Waals surface area contributed by atoms with E-state index in [4.69, 9.17) is 4.74 Å². The highest BCUT2D eigenvalue weighted by Gasteiger charge is 2.07. The molecule has 1 aromatic heterocycles. The molecule has 0 aliphatic heterocycles. The Morgan fingerprint density at radius 3 is 2.43 bits per heavy atom. The summed E-state index contributed by atoms with van der Waals surface area (Å²) >= 11 is 0. The summed E-state index contributed by atoms with van der Waals surface area (Å²) in [5.41, 5.74) is 2.00. The number of pyridine rings is 1. The number of hydrogen-bond donors (Lipinski definition) is 2. The third kappa shape index (κ3) is 4.21. The van der Waals surface area contributed by atoms with E-state index in [2.05, 4.69) is 22.5 Å². The molecule has 0 saturated carbocycles. The molecule has 0 atom stereocenters. The molecule has 0 aliphatic rings. The predicted octanol–water partition coefficient (Wildman–Crippen LogP) is 3.16. The largest absolute Gasteiger partial charge is 0.497 e. The zero-order valence-electron chi connectivity index (χ0n) is 12.2. The summed E-state index contributed by atoms with van der Waals surface area (Å²) in [6.07, 6.45) is 2.71. The van der Waals surface area contributed by atoms with Crippen molar-refractivity contribution in [1.29, 1.82) is 0 Å². The summed E-state index contributed by atoms with van der Waals surface area (Å²) in [5.74, 6) is 0.514. The molecule has 0 spiro atoms. The molecule has 0 aliphatic carbocycles. The maximum Gasteiger partial charge on any atom is 0.274 e. The molecule has 0 fully saturated rings. The van der Waals surface area contributed by atoms with Gasteiger partial charge in [-0.2, -0.15) is 0 Å². The number of rotatable bonds is 6. The molecular weight excluding hydrogens is 266 g/mol. The molecule has 5 heteroatoms. The lowest BCUT2D eigenvalue weighted by molar-refractivity contribution is 0.102. The van der Waals surface area contributed by atoms with Gasteiger partial charge in [-0.05, 0) is 42.8 Å². The van der Waals surface area contributed by atoms with Crippen molar-refractivity contribution in [3.8, 4) is 5.75 Å². The predicted molar refractivity (Wildman–Crippen MR) is 84.0 cm³/mol. The molecule has 5 nitrogen and oxygen atoms in total. The van der Waals surface area contributed by atoms with E-state index < -0.39 is 0 Å². The van der Waals surface area contributed by atoms with Gasteiger partial charge in [0.05, 0.1) is 19.0 Å². The van der Waals surface area contributed by atoms with Gasteiger partial charge in [0.2, 0.25) is 0 Å². The summed E-state index contributed by atoms with van der Waals surface area (Å²) in [6, 6.07) is 10.7. The lowest BCUT2D eigenvalue weighted by Crippen LogP contribution is -2.13. The quantitative estimate of drug-likeness (QED) is 0.855. The number of anilines is 2. The van der Waals surface area contributed by atoms with E-state index in [9.17, 15) is 4.79 Å². The van der Waals surface area contributed by atoms with Crippen molar-refractivity contribution in [2.24, 2.45) is 0 Å². The van der Waals surface area contributed by atoms with Crippen molar-refractivity contribution >= 4 is 17.3 Å². The van der Waals surface area contributed by atoms with Crippen LogP contribution in [0.4, 0.5) is 11.4 Å². The maximum absolute atomic E-state index is 12.1. The van der Waals surface area contributed by atoms with Crippen LogP contribution < -0.4 is 15.4 Å². The molecule has 2 rings (SSSR count). The first-order valence-electron chi connectivity index (χ1n) is 6.88. The normalized spacial score (nSPS) is 10.0. The van der Waals surface area contributed by atoms with Crippen LogP contribution in [0.1, 0.15) is 23.8 Å². The zero-order chi connectivity index (χ0) is 15.1. The number of nitrogens with one attached hydrogen (secondary N) is 2. The van der Waals surface area contributed by atoms with Crippen molar-refractivity contribution in [3.05, 3.63) is 48.3 Å². The van der Waals surface area contributed by atoms with Crippen LogP contribution in [0.5, 0.6) is 5.75 Å². The first-order valence-corrected chi connectivity index (χ1v) is 6.88. The van der Waals surface area contributed by atoms with Crippen LogP contribution in [0.3, 0.4) is 0 Å². The average molecular weight is 285 g/mol. The van der Waals surface area contributed by atoms with E-state index in [1.165, 1.54) is 0 Å². The second-order valence-electron chi connectivity index (χ2n) is 4.54. The van der Waals surface area contributed by atoms with Gasteiger partial charge in [-0.1, -0.05) is 6.92 Å². The Balaban J connectivity index is 1.98. The number of aromatic nitrogens is 1. The summed E-state index contributed by atoms with van der Waals surface area (Å²) in [5, 5.41) is 6.01. The van der Waals surface area contributed by atoms with Gasteiger partial charge in [-0.3, -0.25) is 4.79 Å². The highest BCUT2D eigenvalue weighted by Crippen LogP contribution is 2.16. The molecule has 21 heavy (non-hydrogen) atoms. The highest BCUT2D eigenvalue weighted by atomic mass is 16.5. The second kappa shape index (κ2) is 7.28. The van der Waals surface area contributed by atoms with Crippen LogP contribution in [0.25, 0.3) is 0 Å². The SMILES string of the molecule is CCCNc1ccc(C(=O)Nc2ccc(OC)cc2)nc1. The van der Waals surface area contributed by atoms with Gasteiger partial charge >= 0.3 is 0 Å². The first kappa shape index (κ1) is 14.8. The standard InChI is InChI=1S/C16H19N3O2/c1-3-10-17-13-6-9-15(18-11-13)16(20)19-12-4-7-14(21-2)8-5-12/h4-9,11,17H,3,10H2,1-2H3,(H,19,20). The Morgan fingerprint density at radius 2 is 1.86 bits per heavy atom. The smallest absolute Gasteiger partial charge is 0.274 e. The van der Waals surface area contributed by atoms with Gasteiger partial charge in [-0.15, -0.1) is 0 Å². The molecule has 0 bridgehead atoms. The molecular formula is C16H19N3O2. The van der Waals surface area contributed by atoms with Crippen LogP contribution in [0, 0.1) is 0 Å². The number of nitrogens with zero attached hydrogens (tertiary/aromatic N) is 1. The van der Waals surface area contributed by atoms with E-state index >= 15 is 0 Å². The second-order valence-corrected chi connectivity index (χ2v) is 4.54. The molecule has 2 aromatic rings. The van der Waals surface area contributed by atoms with E-state index in [-0.39, 0.29) is 5.91 Å². The molecule has 0 saturated heterocycles. The Hall–Kier alpha value is -2.56. The lowest BCUT2D eigenvalue weighted by atomic mass is 10.2. The zero-order valence-corrected chi connectivity index (χ0v) is 12.2. The molecule has 1 amide bonds. The Kier molecular flexibility index (Phi) is 5.15. The van der Waals surface area contributed by atoms with Gasteiger partial charge in [0, 0.05) is 12.2 Å². The first-order chi connectivity index (χ1) is 10.2. The fraction of sp³-hybridized carbons (Fsp3) is 0.250. The molecule has 2 N–H and O–H groups in total. The van der Waals surface area contributed by atoms with Gasteiger partial charge < -0.3 is 15.4 Å². The van der Waals surface area contributed by atoms with Crippen LogP contribution >= 0.6 is 0 Å². The van der Waals surface area contributed by atoms with Gasteiger partial charge in [0.15, 0.2) is 0 Å². The van der Waals surface area contributed by atoms with Crippen LogP contribution in [-0.4, -0.2) is 24.5 Å². The van der Waals surface area contributed by atoms with E-state index in [1.54, 1.807) is 43.6 Å². The minimum Gasteiger partial charge on any atom is -0.497 e. The minimum atomic E-state index is -0.234. The Bertz CT molecular complexity index is 579. The molecule has 1 heterocycles. The van der Waals surface area contributed by atoms with Crippen LogP contribution in [0.2, 0.25) is 0 Å². The Morgan fingerprint density at radius 1 is 1.14 bits per heavy atom. The molecule has 0 unspecified atom stereocenters. The van der Waals surface area contributed by atoms with E-state index in [0.29, 0.717) is 11.4 Å². The van der Waals surface area contributed by atoms with Crippen molar-refractivity contribution in [3.63, 3.8) is 0 Å². The number of methoxy groups -OCH3 is 1. The number of amides is 1. The number of carbonyl (C=O) groups is 1. The number of benzene rings is 1. The third-order valence-corrected chi connectivity index (χ3v) is 2.92. The number of ether oxygens (including phenoxy) is 1. The minimum absolute atomic E-state index is 0.234. The van der Waals surface area contributed by atoms with Gasteiger partial charge in [0.1, 0.15) is 11.4 Å². The summed E-state index contributed by atoms with van der Waals surface area (Å²) in [7, 11) is 1.60. The van der Waals surface area contributed by atoms with Crippen molar-refractivity contribution < 1.29 is 9.53 Å². The van der Waals surface area contributed by atoms with Crippen molar-refractivity contribution in [2.75, 3.05) is 24.3 Å². The van der Waals surface area contributed by atoms with Gasteiger partial charge in [-0.25, -0.2) is 4.98 Å². The summed E-state index contributed by atoms with van der Waals surface area (Å²) < 4.78 is 5.07. The summed E-state index contributed by atoms with van der Waals surface area (Å²) in [6.45, 7) is 2.98. The van der Waals surface area contributed by atoms with Crippen molar-refractivity contribution in [2.45, 2.75) is 13.3 Å². The molecule has 110 valence electrons. The molecule has 0 radical (unpaired) electrons. The lowest BCUT2D eigenvalue weighted by Gasteiger charge is -2.07. The highest BCUT2D eigenvalue weighted by molar-refractivity contribution is 6.02. The maximum atomic E-state index is 12.1. The van der Waals surface area contributed by atoms with Crippen LogP contribution in [0.15, 0.2) is 42.6 Å².